The lowest BCUT2D eigenvalue weighted by molar-refractivity contribution is 0.170. The summed E-state index contributed by atoms with van der Waals surface area (Å²) in [4.78, 5) is 0. The minimum absolute atomic E-state index is 0.189. The van der Waals surface area contributed by atoms with Crippen molar-refractivity contribution in [2.45, 2.75) is 25.0 Å². The molecule has 62 valence electrons. The Hall–Kier alpha value is -0.800. The summed E-state index contributed by atoms with van der Waals surface area (Å²) in [6, 6.07) is -0.189. The van der Waals surface area contributed by atoms with E-state index in [1.807, 2.05) is 6.08 Å². The molecule has 2 unspecified atom stereocenters. The van der Waals surface area contributed by atoms with E-state index in [2.05, 4.69) is 0 Å². The Morgan fingerprint density at radius 3 is 2.73 bits per heavy atom. The first-order valence-electron chi connectivity index (χ1n) is 3.76. The molecule has 2 atom stereocenters. The Labute approximate surface area is 66.4 Å². The number of rotatable bonds is 1. The third kappa shape index (κ3) is 1.82. The first-order valence-corrected chi connectivity index (χ1v) is 3.76. The van der Waals surface area contributed by atoms with Gasteiger partial charge in [0.15, 0.2) is 0 Å². The third-order valence-electron chi connectivity index (χ3n) is 1.99. The Balaban J connectivity index is 2.61. The highest BCUT2D eigenvalue weighted by Gasteiger charge is 2.25. The molecule has 0 aromatic rings. The van der Waals surface area contributed by atoms with E-state index in [9.17, 15) is 5.11 Å². The molecule has 0 saturated heterocycles. The van der Waals surface area contributed by atoms with Gasteiger partial charge in [-0.3, -0.25) is 0 Å². The van der Waals surface area contributed by atoms with Gasteiger partial charge in [0.2, 0.25) is 0 Å². The second kappa shape index (κ2) is 3.55. The highest BCUT2D eigenvalue weighted by molar-refractivity contribution is 5.22. The van der Waals surface area contributed by atoms with E-state index in [4.69, 9.17) is 11.5 Å². The maximum Gasteiger partial charge on any atom is 0.0732 e. The number of allylic oxidation sites excluding steroid dienone is 2. The van der Waals surface area contributed by atoms with Crippen LogP contribution in [0, 0.1) is 0 Å². The van der Waals surface area contributed by atoms with Crippen LogP contribution in [0.5, 0.6) is 0 Å². The van der Waals surface area contributed by atoms with Crippen molar-refractivity contribution in [3.63, 3.8) is 0 Å². The molecule has 3 nitrogen and oxygen atoms in total. The smallest absolute Gasteiger partial charge is 0.0732 e. The molecule has 1 saturated carbocycles. The van der Waals surface area contributed by atoms with Crippen LogP contribution in [0.15, 0.2) is 23.9 Å². The predicted octanol–water partition coefficient (Wildman–Crippen LogP) is -0.133. The predicted molar refractivity (Wildman–Crippen MR) is 44.6 cm³/mol. The van der Waals surface area contributed by atoms with Crippen LogP contribution < -0.4 is 11.5 Å². The third-order valence-corrected chi connectivity index (χ3v) is 1.99. The quantitative estimate of drug-likeness (QED) is 0.492. The fourth-order valence-electron chi connectivity index (χ4n) is 1.28. The molecule has 1 aliphatic carbocycles. The van der Waals surface area contributed by atoms with Crippen molar-refractivity contribution in [2.24, 2.45) is 11.5 Å². The molecule has 1 rings (SSSR count). The lowest BCUT2D eigenvalue weighted by Crippen LogP contribution is -2.30. The zero-order chi connectivity index (χ0) is 8.27. The summed E-state index contributed by atoms with van der Waals surface area (Å²) < 4.78 is 0. The molecule has 0 amide bonds. The Morgan fingerprint density at radius 1 is 1.55 bits per heavy atom. The second-order valence-electron chi connectivity index (χ2n) is 2.76. The highest BCUT2D eigenvalue weighted by Crippen LogP contribution is 2.23. The fraction of sp³-hybridized carbons (Fsp3) is 0.500. The molecule has 0 spiro atoms. The monoisotopic (exact) mass is 154 g/mol. The van der Waals surface area contributed by atoms with Gasteiger partial charge in [-0.1, -0.05) is 11.6 Å². The van der Waals surface area contributed by atoms with E-state index in [0.29, 0.717) is 0 Å². The van der Waals surface area contributed by atoms with Gasteiger partial charge in [-0.2, -0.15) is 0 Å². The molecule has 0 heterocycles. The summed E-state index contributed by atoms with van der Waals surface area (Å²) in [7, 11) is 0. The molecule has 1 aliphatic rings. The van der Waals surface area contributed by atoms with Crippen LogP contribution in [0.2, 0.25) is 0 Å². The summed E-state index contributed by atoms with van der Waals surface area (Å²) >= 11 is 0. The Bertz CT molecular complexity index is 187. The van der Waals surface area contributed by atoms with Crippen molar-refractivity contribution in [3.05, 3.63) is 23.9 Å². The van der Waals surface area contributed by atoms with Gasteiger partial charge in [0.05, 0.1) is 12.1 Å². The van der Waals surface area contributed by atoms with Gasteiger partial charge >= 0.3 is 0 Å². The number of nitrogens with two attached hydrogens (primary N) is 2. The minimum atomic E-state index is -0.368. The van der Waals surface area contributed by atoms with Crippen LogP contribution in [-0.4, -0.2) is 17.3 Å². The van der Waals surface area contributed by atoms with Crippen molar-refractivity contribution in [1.82, 2.24) is 0 Å². The molecule has 0 radical (unpaired) electrons. The SMILES string of the molecule is N/C=C\C=C1/CCC(O)C1N. The highest BCUT2D eigenvalue weighted by atomic mass is 16.3. The van der Waals surface area contributed by atoms with E-state index in [0.717, 1.165) is 18.4 Å². The van der Waals surface area contributed by atoms with Crippen molar-refractivity contribution >= 4 is 0 Å². The largest absolute Gasteiger partial charge is 0.405 e. The standard InChI is InChI=1S/C8H14N2O/c9-5-1-2-6-3-4-7(11)8(6)10/h1-2,5,7-8,11H,3-4,9-10H2/b5-1-,6-2+. The van der Waals surface area contributed by atoms with Gasteiger partial charge in [-0.25, -0.2) is 0 Å². The van der Waals surface area contributed by atoms with E-state index < -0.39 is 0 Å². The van der Waals surface area contributed by atoms with Crippen LogP contribution in [0.25, 0.3) is 0 Å². The van der Waals surface area contributed by atoms with Gasteiger partial charge < -0.3 is 16.6 Å². The molecule has 11 heavy (non-hydrogen) atoms. The summed E-state index contributed by atoms with van der Waals surface area (Å²) in [5, 5.41) is 9.25. The fourth-order valence-corrected chi connectivity index (χ4v) is 1.28. The minimum Gasteiger partial charge on any atom is -0.405 e. The van der Waals surface area contributed by atoms with Gasteiger partial charge in [0, 0.05) is 0 Å². The lowest BCUT2D eigenvalue weighted by Gasteiger charge is -2.08. The van der Waals surface area contributed by atoms with Crippen molar-refractivity contribution < 1.29 is 5.11 Å². The lowest BCUT2D eigenvalue weighted by atomic mass is 10.1. The van der Waals surface area contributed by atoms with Crippen LogP contribution in [0.1, 0.15) is 12.8 Å². The molecule has 0 aromatic heterocycles. The van der Waals surface area contributed by atoms with Gasteiger partial charge in [-0.05, 0) is 25.1 Å². The van der Waals surface area contributed by atoms with Gasteiger partial charge in [-0.15, -0.1) is 0 Å². The average Bonchev–Trinajstić information content (AvgIpc) is 2.31. The molecule has 0 bridgehead atoms. The summed E-state index contributed by atoms with van der Waals surface area (Å²) in [6.45, 7) is 0. The molecular formula is C8H14N2O. The number of hydrogen-bond acceptors (Lipinski definition) is 3. The Morgan fingerprint density at radius 2 is 2.27 bits per heavy atom. The first-order chi connectivity index (χ1) is 5.25. The first kappa shape index (κ1) is 8.30. The number of aliphatic hydroxyl groups excluding tert-OH is 1. The molecule has 3 heteroatoms. The molecule has 1 fully saturated rings. The van der Waals surface area contributed by atoms with E-state index in [-0.39, 0.29) is 12.1 Å². The molecule has 0 aromatic carbocycles. The van der Waals surface area contributed by atoms with Crippen molar-refractivity contribution in [2.75, 3.05) is 0 Å². The molecule has 0 aliphatic heterocycles. The molecular weight excluding hydrogens is 140 g/mol. The van der Waals surface area contributed by atoms with Crippen LogP contribution in [0.4, 0.5) is 0 Å². The van der Waals surface area contributed by atoms with E-state index in [1.165, 1.54) is 6.20 Å². The number of hydrogen-bond donors (Lipinski definition) is 3. The number of aliphatic hydroxyl groups is 1. The summed E-state index contributed by atoms with van der Waals surface area (Å²) in [6.07, 6.45) is 6.36. The average molecular weight is 154 g/mol. The van der Waals surface area contributed by atoms with E-state index in [1.54, 1.807) is 6.08 Å². The van der Waals surface area contributed by atoms with Gasteiger partial charge in [0.1, 0.15) is 0 Å². The van der Waals surface area contributed by atoms with Gasteiger partial charge in [0.25, 0.3) is 0 Å². The van der Waals surface area contributed by atoms with E-state index >= 15 is 0 Å². The molecule has 5 N–H and O–H groups in total. The maximum atomic E-state index is 9.25. The normalized spacial score (nSPS) is 35.6. The summed E-state index contributed by atoms with van der Waals surface area (Å²) in [5.74, 6) is 0. The van der Waals surface area contributed by atoms with Crippen LogP contribution >= 0.6 is 0 Å². The zero-order valence-corrected chi connectivity index (χ0v) is 6.40. The van der Waals surface area contributed by atoms with Crippen LogP contribution in [-0.2, 0) is 0 Å². The van der Waals surface area contributed by atoms with Crippen molar-refractivity contribution in [3.8, 4) is 0 Å². The van der Waals surface area contributed by atoms with Crippen LogP contribution in [0.3, 0.4) is 0 Å². The summed E-state index contributed by atoms with van der Waals surface area (Å²) in [5.41, 5.74) is 11.9. The van der Waals surface area contributed by atoms with Crippen molar-refractivity contribution in [1.29, 1.82) is 0 Å². The second-order valence-corrected chi connectivity index (χ2v) is 2.76. The Kier molecular flexibility index (Phi) is 2.68. The maximum absolute atomic E-state index is 9.25. The zero-order valence-electron chi connectivity index (χ0n) is 6.40. The topological polar surface area (TPSA) is 72.3 Å².